The minimum atomic E-state index is -0.662. The first kappa shape index (κ1) is 26.2. The molecule has 0 amide bonds. The molecule has 0 aliphatic carbocycles. The second-order valence-electron chi connectivity index (χ2n) is 8.50. The molecule has 1 heterocycles. The number of aromatic nitrogens is 2. The zero-order chi connectivity index (χ0) is 28.2. The lowest BCUT2D eigenvalue weighted by molar-refractivity contribution is -0.385. The Kier molecular flexibility index (Phi) is 7.29. The maximum atomic E-state index is 13.3. The quantitative estimate of drug-likeness (QED) is 0.130. The Morgan fingerprint density at radius 2 is 1.68 bits per heavy atom. The third kappa shape index (κ3) is 5.40. The second kappa shape index (κ2) is 11.1. The highest BCUT2D eigenvalue weighted by Gasteiger charge is 2.21. The fourth-order valence-corrected chi connectivity index (χ4v) is 4.27. The van der Waals surface area contributed by atoms with Crippen molar-refractivity contribution in [3.8, 4) is 17.1 Å². The third-order valence-electron chi connectivity index (χ3n) is 5.86. The van der Waals surface area contributed by atoms with E-state index in [0.29, 0.717) is 22.0 Å². The number of halogens is 1. The van der Waals surface area contributed by atoms with Crippen molar-refractivity contribution in [2.75, 3.05) is 0 Å². The lowest BCUT2D eigenvalue weighted by atomic mass is 10.2. The summed E-state index contributed by atoms with van der Waals surface area (Å²) in [6, 6.07) is 24.2. The van der Waals surface area contributed by atoms with Gasteiger partial charge in [-0.2, -0.15) is 9.78 Å². The number of nitro groups is 2. The predicted molar refractivity (Wildman–Crippen MR) is 150 cm³/mol. The molecule has 0 aliphatic rings. The fraction of sp³-hybridized carbons (Fsp3) is 0.0357. The molecule has 0 saturated carbocycles. The first-order chi connectivity index (χ1) is 19.3. The smallest absolute Gasteiger partial charge is 0.313 e. The van der Waals surface area contributed by atoms with Gasteiger partial charge >= 0.3 is 5.69 Å². The zero-order valence-corrected chi connectivity index (χ0v) is 21.3. The van der Waals surface area contributed by atoms with Gasteiger partial charge in [-0.1, -0.05) is 66.2 Å². The molecule has 40 heavy (non-hydrogen) atoms. The van der Waals surface area contributed by atoms with Gasteiger partial charge in [0.25, 0.3) is 11.2 Å². The van der Waals surface area contributed by atoms with Crippen molar-refractivity contribution >= 4 is 40.1 Å². The molecule has 5 rings (SSSR count). The van der Waals surface area contributed by atoms with Gasteiger partial charge in [-0.25, -0.2) is 4.98 Å². The summed E-state index contributed by atoms with van der Waals surface area (Å²) in [5.74, 6) is 0.0860. The predicted octanol–water partition coefficient (Wildman–Crippen LogP) is 5.99. The normalized spacial score (nSPS) is 11.1. The Morgan fingerprint density at radius 1 is 0.925 bits per heavy atom. The lowest BCUT2D eigenvalue weighted by Crippen LogP contribution is -2.20. The van der Waals surface area contributed by atoms with Crippen LogP contribution in [0.2, 0.25) is 5.02 Å². The van der Waals surface area contributed by atoms with Crippen molar-refractivity contribution in [3.05, 3.63) is 138 Å². The number of para-hydroxylation sites is 1. The van der Waals surface area contributed by atoms with Crippen LogP contribution in [0.1, 0.15) is 11.1 Å². The zero-order valence-electron chi connectivity index (χ0n) is 20.5. The van der Waals surface area contributed by atoms with Crippen molar-refractivity contribution in [3.63, 3.8) is 0 Å². The van der Waals surface area contributed by atoms with Gasteiger partial charge < -0.3 is 4.74 Å². The Labute approximate surface area is 230 Å². The number of nitrogens with zero attached hydrogens (tertiary/aromatic N) is 5. The van der Waals surface area contributed by atoms with E-state index in [2.05, 4.69) is 10.1 Å². The number of ether oxygens (including phenoxy) is 1. The molecule has 0 aliphatic heterocycles. The van der Waals surface area contributed by atoms with Crippen LogP contribution in [0.15, 0.2) is 101 Å². The van der Waals surface area contributed by atoms with Crippen molar-refractivity contribution in [2.45, 2.75) is 6.61 Å². The number of rotatable bonds is 8. The van der Waals surface area contributed by atoms with Crippen LogP contribution in [0.25, 0.3) is 22.3 Å². The SMILES string of the molecule is O=c1c2ccccc2nc(-c2ccccc2)n1N=Cc1cc(Cl)c(OCc2cccc([N+](=O)[O-])c2)c([N+](=O)[O-])c1. The molecule has 0 atom stereocenters. The number of benzene rings is 4. The van der Waals surface area contributed by atoms with Gasteiger partial charge in [-0.3, -0.25) is 25.0 Å². The standard InChI is InChI=1S/C28H18ClN5O6/c29-23-14-19(15-25(34(38)39)26(23)40-17-18-7-6-10-21(13-18)33(36)37)16-30-32-27(20-8-2-1-3-9-20)31-24-12-5-4-11-22(24)28(32)35/h1-16H,17H2. The lowest BCUT2D eigenvalue weighted by Gasteiger charge is -2.11. The number of non-ortho nitro benzene ring substituents is 1. The first-order valence-electron chi connectivity index (χ1n) is 11.8. The van der Waals surface area contributed by atoms with Crippen LogP contribution in [0.4, 0.5) is 11.4 Å². The van der Waals surface area contributed by atoms with Crippen molar-refractivity contribution in [2.24, 2.45) is 5.10 Å². The van der Waals surface area contributed by atoms with E-state index in [1.807, 2.05) is 6.07 Å². The maximum absolute atomic E-state index is 13.3. The van der Waals surface area contributed by atoms with Gasteiger partial charge in [0.2, 0.25) is 5.75 Å². The largest absolute Gasteiger partial charge is 0.481 e. The van der Waals surface area contributed by atoms with Crippen LogP contribution in [0, 0.1) is 20.2 Å². The summed E-state index contributed by atoms with van der Waals surface area (Å²) in [6.45, 7) is -0.186. The summed E-state index contributed by atoms with van der Waals surface area (Å²) >= 11 is 6.36. The molecule has 11 nitrogen and oxygen atoms in total. The van der Waals surface area contributed by atoms with Gasteiger partial charge in [0, 0.05) is 29.3 Å². The van der Waals surface area contributed by atoms with Crippen molar-refractivity contribution < 1.29 is 14.6 Å². The summed E-state index contributed by atoms with van der Waals surface area (Å²) in [5.41, 5.74) is 0.824. The summed E-state index contributed by atoms with van der Waals surface area (Å²) in [6.07, 6.45) is 1.27. The minimum Gasteiger partial charge on any atom is -0.481 e. The van der Waals surface area contributed by atoms with E-state index in [1.165, 1.54) is 36.5 Å². The van der Waals surface area contributed by atoms with Crippen molar-refractivity contribution in [1.29, 1.82) is 0 Å². The Balaban J connectivity index is 1.52. The van der Waals surface area contributed by atoms with Crippen LogP contribution in [0.5, 0.6) is 5.75 Å². The third-order valence-corrected chi connectivity index (χ3v) is 6.14. The number of fused-ring (bicyclic) bond motifs is 1. The Bertz CT molecular complexity index is 1860. The molecule has 0 saturated heterocycles. The molecule has 0 bridgehead atoms. The maximum Gasteiger partial charge on any atom is 0.313 e. The molecule has 0 spiro atoms. The van der Waals surface area contributed by atoms with Crippen molar-refractivity contribution in [1.82, 2.24) is 9.66 Å². The molecule has 0 radical (unpaired) electrons. The molecule has 12 heteroatoms. The monoisotopic (exact) mass is 555 g/mol. The van der Waals surface area contributed by atoms with E-state index in [-0.39, 0.29) is 34.5 Å². The summed E-state index contributed by atoms with van der Waals surface area (Å²) in [4.78, 5) is 39.6. The Hall–Kier alpha value is -5.42. The summed E-state index contributed by atoms with van der Waals surface area (Å²) in [5, 5.41) is 27.5. The van der Waals surface area contributed by atoms with Crippen LogP contribution >= 0.6 is 11.6 Å². The average molecular weight is 556 g/mol. The molecule has 198 valence electrons. The van der Waals surface area contributed by atoms with Crippen LogP contribution in [-0.2, 0) is 6.61 Å². The highest BCUT2D eigenvalue weighted by molar-refractivity contribution is 6.32. The highest BCUT2D eigenvalue weighted by atomic mass is 35.5. The highest BCUT2D eigenvalue weighted by Crippen LogP contribution is 2.36. The molecule has 1 aromatic heterocycles. The van der Waals surface area contributed by atoms with Crippen LogP contribution in [-0.4, -0.2) is 25.7 Å². The van der Waals surface area contributed by atoms with E-state index in [9.17, 15) is 25.0 Å². The van der Waals surface area contributed by atoms with Gasteiger partial charge in [0.15, 0.2) is 5.82 Å². The minimum absolute atomic E-state index is 0.0756. The summed E-state index contributed by atoms with van der Waals surface area (Å²) in [7, 11) is 0. The van der Waals surface area contributed by atoms with Gasteiger partial charge in [0.1, 0.15) is 6.61 Å². The van der Waals surface area contributed by atoms with Crippen LogP contribution in [0.3, 0.4) is 0 Å². The molecule has 0 unspecified atom stereocenters. The second-order valence-corrected chi connectivity index (χ2v) is 8.91. The van der Waals surface area contributed by atoms with E-state index >= 15 is 0 Å². The van der Waals surface area contributed by atoms with Gasteiger partial charge in [0.05, 0.1) is 32.0 Å². The van der Waals surface area contributed by atoms with E-state index in [1.54, 1.807) is 54.6 Å². The average Bonchev–Trinajstić information content (AvgIpc) is 2.96. The molecule has 0 fully saturated rings. The van der Waals surface area contributed by atoms with E-state index in [4.69, 9.17) is 16.3 Å². The topological polar surface area (TPSA) is 143 Å². The van der Waals surface area contributed by atoms with E-state index in [0.717, 1.165) is 4.68 Å². The molecule has 5 aromatic rings. The first-order valence-corrected chi connectivity index (χ1v) is 12.2. The molecular weight excluding hydrogens is 538 g/mol. The molecular formula is C28H18ClN5O6. The molecule has 4 aromatic carbocycles. The fourth-order valence-electron chi connectivity index (χ4n) is 4.00. The molecule has 0 N–H and O–H groups in total. The Morgan fingerprint density at radius 3 is 2.42 bits per heavy atom. The number of nitro benzene ring substituents is 2. The van der Waals surface area contributed by atoms with Gasteiger partial charge in [-0.15, -0.1) is 0 Å². The number of hydrogen-bond acceptors (Lipinski definition) is 8. The van der Waals surface area contributed by atoms with Crippen LogP contribution < -0.4 is 10.3 Å². The van der Waals surface area contributed by atoms with Gasteiger partial charge in [-0.05, 0) is 23.8 Å². The summed E-state index contributed by atoms with van der Waals surface area (Å²) < 4.78 is 6.74. The van der Waals surface area contributed by atoms with E-state index < -0.39 is 21.1 Å². The number of hydrogen-bond donors (Lipinski definition) is 0.